The van der Waals surface area contributed by atoms with Crippen molar-refractivity contribution >= 4 is 0 Å². The minimum Gasteiger partial charge on any atom is -0.330 e. The Kier molecular flexibility index (Phi) is 4.83. The van der Waals surface area contributed by atoms with E-state index in [0.717, 1.165) is 18.4 Å². The van der Waals surface area contributed by atoms with E-state index in [9.17, 15) is 0 Å². The zero-order chi connectivity index (χ0) is 12.3. The Hall–Kier alpha value is -0.120. The Morgan fingerprint density at radius 1 is 1.12 bits per heavy atom. The lowest BCUT2D eigenvalue weighted by Gasteiger charge is -2.32. The van der Waals surface area contributed by atoms with Crippen molar-refractivity contribution in [3.8, 4) is 0 Å². The van der Waals surface area contributed by atoms with Crippen molar-refractivity contribution in [2.45, 2.75) is 38.6 Å². The molecule has 0 aromatic heterocycles. The summed E-state index contributed by atoms with van der Waals surface area (Å²) in [5, 5.41) is 0. The molecule has 1 saturated heterocycles. The molecule has 0 radical (unpaired) electrons. The van der Waals surface area contributed by atoms with Crippen LogP contribution in [0.5, 0.6) is 0 Å². The minimum absolute atomic E-state index is 0.710. The fourth-order valence-corrected chi connectivity index (χ4v) is 3.66. The number of hydrogen-bond donors (Lipinski definition) is 1. The van der Waals surface area contributed by atoms with Crippen LogP contribution in [0.4, 0.5) is 0 Å². The average molecular weight is 239 g/mol. The molecule has 2 N–H and O–H groups in total. The van der Waals surface area contributed by atoms with Crippen LogP contribution >= 0.6 is 0 Å². The molecule has 3 heteroatoms. The van der Waals surface area contributed by atoms with E-state index in [2.05, 4.69) is 23.8 Å². The van der Waals surface area contributed by atoms with E-state index in [1.54, 1.807) is 0 Å². The normalized spacial score (nSPS) is 37.2. The Bertz CT molecular complexity index is 232. The fraction of sp³-hybridized carbons (Fsp3) is 1.00. The summed E-state index contributed by atoms with van der Waals surface area (Å²) >= 11 is 0. The molecule has 1 aliphatic heterocycles. The van der Waals surface area contributed by atoms with Gasteiger partial charge in [0, 0.05) is 19.1 Å². The standard InChI is InChI=1S/C14H29N3/c1-12-10-16(2)7-4-8-17(12)11-14-6-3-5-13(14)9-15/h12-14H,3-11,15H2,1-2H3. The van der Waals surface area contributed by atoms with Crippen molar-refractivity contribution in [1.29, 1.82) is 0 Å². The van der Waals surface area contributed by atoms with Gasteiger partial charge in [0.05, 0.1) is 0 Å². The highest BCUT2D eigenvalue weighted by molar-refractivity contribution is 4.84. The van der Waals surface area contributed by atoms with Crippen molar-refractivity contribution in [3.63, 3.8) is 0 Å². The molecule has 2 rings (SSSR count). The van der Waals surface area contributed by atoms with Crippen molar-refractivity contribution < 1.29 is 0 Å². The topological polar surface area (TPSA) is 32.5 Å². The molecule has 3 atom stereocenters. The van der Waals surface area contributed by atoms with Crippen LogP contribution in [-0.4, -0.2) is 55.6 Å². The molecule has 3 nitrogen and oxygen atoms in total. The van der Waals surface area contributed by atoms with Crippen LogP contribution < -0.4 is 5.73 Å². The third-order valence-electron chi connectivity index (χ3n) is 4.77. The zero-order valence-electron chi connectivity index (χ0n) is 11.6. The predicted molar refractivity (Wildman–Crippen MR) is 73.0 cm³/mol. The summed E-state index contributed by atoms with van der Waals surface area (Å²) in [6, 6.07) is 0.710. The molecule has 2 fully saturated rings. The van der Waals surface area contributed by atoms with E-state index in [0.29, 0.717) is 6.04 Å². The maximum atomic E-state index is 5.89. The molecule has 3 unspecified atom stereocenters. The van der Waals surface area contributed by atoms with Crippen LogP contribution in [-0.2, 0) is 0 Å². The van der Waals surface area contributed by atoms with Crippen molar-refractivity contribution in [2.75, 3.05) is 39.8 Å². The molecule has 100 valence electrons. The summed E-state index contributed by atoms with van der Waals surface area (Å²) in [5.74, 6) is 1.66. The monoisotopic (exact) mass is 239 g/mol. The molecule has 1 heterocycles. The highest BCUT2D eigenvalue weighted by Crippen LogP contribution is 2.32. The summed E-state index contributed by atoms with van der Waals surface area (Å²) < 4.78 is 0. The first kappa shape index (κ1) is 13.3. The van der Waals surface area contributed by atoms with Gasteiger partial charge in [-0.25, -0.2) is 0 Å². The summed E-state index contributed by atoms with van der Waals surface area (Å²) in [5.41, 5.74) is 5.89. The van der Waals surface area contributed by atoms with Gasteiger partial charge in [-0.3, -0.25) is 4.90 Å². The quantitative estimate of drug-likeness (QED) is 0.808. The first-order chi connectivity index (χ1) is 8.20. The molecule has 1 saturated carbocycles. The molecular weight excluding hydrogens is 210 g/mol. The summed E-state index contributed by atoms with van der Waals surface area (Å²) in [6.45, 7) is 8.32. The molecule has 0 aromatic carbocycles. The van der Waals surface area contributed by atoms with Gasteiger partial charge in [0.2, 0.25) is 0 Å². The predicted octanol–water partition coefficient (Wildman–Crippen LogP) is 1.39. The first-order valence-electron chi connectivity index (χ1n) is 7.33. The lowest BCUT2D eigenvalue weighted by atomic mass is 9.95. The van der Waals surface area contributed by atoms with Gasteiger partial charge in [0.1, 0.15) is 0 Å². The van der Waals surface area contributed by atoms with Crippen LogP contribution in [0.3, 0.4) is 0 Å². The molecule has 1 aliphatic carbocycles. The Morgan fingerprint density at radius 3 is 2.65 bits per heavy atom. The Balaban J connectivity index is 1.88. The lowest BCUT2D eigenvalue weighted by molar-refractivity contribution is 0.159. The van der Waals surface area contributed by atoms with E-state index in [-0.39, 0.29) is 0 Å². The second-order valence-corrected chi connectivity index (χ2v) is 6.15. The zero-order valence-corrected chi connectivity index (χ0v) is 11.6. The SMILES string of the molecule is CC1CN(C)CCCN1CC1CCCC1CN. The second kappa shape index (κ2) is 6.17. The average Bonchev–Trinajstić information content (AvgIpc) is 2.68. The van der Waals surface area contributed by atoms with Crippen LogP contribution in [0, 0.1) is 11.8 Å². The molecule has 2 aliphatic rings. The van der Waals surface area contributed by atoms with Gasteiger partial charge in [-0.2, -0.15) is 0 Å². The van der Waals surface area contributed by atoms with Crippen LogP contribution in [0.1, 0.15) is 32.6 Å². The molecular formula is C14H29N3. The number of hydrogen-bond acceptors (Lipinski definition) is 3. The Labute approximate surface area is 106 Å². The highest BCUT2D eigenvalue weighted by atomic mass is 15.2. The van der Waals surface area contributed by atoms with Gasteiger partial charge < -0.3 is 10.6 Å². The third kappa shape index (κ3) is 3.43. The maximum Gasteiger partial charge on any atom is 0.0194 e. The van der Waals surface area contributed by atoms with Crippen LogP contribution in [0.25, 0.3) is 0 Å². The second-order valence-electron chi connectivity index (χ2n) is 6.15. The van der Waals surface area contributed by atoms with Crippen LogP contribution in [0.2, 0.25) is 0 Å². The van der Waals surface area contributed by atoms with Gasteiger partial charge in [-0.05, 0) is 64.7 Å². The first-order valence-corrected chi connectivity index (χ1v) is 7.33. The number of nitrogens with two attached hydrogens (primary N) is 1. The molecule has 17 heavy (non-hydrogen) atoms. The van der Waals surface area contributed by atoms with E-state index < -0.39 is 0 Å². The molecule has 0 aromatic rings. The van der Waals surface area contributed by atoms with Gasteiger partial charge in [-0.1, -0.05) is 6.42 Å². The van der Waals surface area contributed by atoms with Gasteiger partial charge in [0.15, 0.2) is 0 Å². The highest BCUT2D eigenvalue weighted by Gasteiger charge is 2.29. The summed E-state index contributed by atoms with van der Waals surface area (Å²) in [7, 11) is 2.25. The fourth-order valence-electron chi connectivity index (χ4n) is 3.66. The van der Waals surface area contributed by atoms with Crippen molar-refractivity contribution in [1.82, 2.24) is 9.80 Å². The summed E-state index contributed by atoms with van der Waals surface area (Å²) in [6.07, 6.45) is 5.49. The van der Waals surface area contributed by atoms with Gasteiger partial charge >= 0.3 is 0 Å². The van der Waals surface area contributed by atoms with Crippen molar-refractivity contribution in [2.24, 2.45) is 17.6 Å². The third-order valence-corrected chi connectivity index (χ3v) is 4.77. The van der Waals surface area contributed by atoms with E-state index in [4.69, 9.17) is 5.73 Å². The molecule has 0 spiro atoms. The molecule has 0 bridgehead atoms. The van der Waals surface area contributed by atoms with E-state index >= 15 is 0 Å². The number of likely N-dealkylation sites (N-methyl/N-ethyl adjacent to an activating group) is 1. The van der Waals surface area contributed by atoms with Crippen LogP contribution in [0.15, 0.2) is 0 Å². The van der Waals surface area contributed by atoms with Crippen molar-refractivity contribution in [3.05, 3.63) is 0 Å². The summed E-state index contributed by atoms with van der Waals surface area (Å²) in [4.78, 5) is 5.18. The number of rotatable bonds is 3. The number of nitrogens with zero attached hydrogens (tertiary/aromatic N) is 2. The van der Waals surface area contributed by atoms with Gasteiger partial charge in [-0.15, -0.1) is 0 Å². The lowest BCUT2D eigenvalue weighted by Crippen LogP contribution is -2.41. The maximum absolute atomic E-state index is 5.89. The minimum atomic E-state index is 0.710. The smallest absolute Gasteiger partial charge is 0.0194 e. The molecule has 0 amide bonds. The van der Waals surface area contributed by atoms with Gasteiger partial charge in [0.25, 0.3) is 0 Å². The van der Waals surface area contributed by atoms with E-state index in [1.165, 1.54) is 51.9 Å². The Morgan fingerprint density at radius 2 is 1.88 bits per heavy atom. The largest absolute Gasteiger partial charge is 0.330 e. The van der Waals surface area contributed by atoms with E-state index in [1.807, 2.05) is 0 Å².